The van der Waals surface area contributed by atoms with Crippen LogP contribution in [-0.2, 0) is 0 Å². The fraction of sp³-hybridized carbons (Fsp3) is 0.154. The Hall–Kier alpha value is -2.55. The number of benzene rings is 1. The Morgan fingerprint density at radius 3 is 2.58 bits per heavy atom. The molecule has 2 rings (SSSR count). The monoisotopic (exact) mass is 260 g/mol. The van der Waals surface area contributed by atoms with Crippen molar-refractivity contribution in [2.24, 2.45) is 0 Å². The zero-order chi connectivity index (χ0) is 13.8. The largest absolute Gasteiger partial charge is 0.345 e. The highest BCUT2D eigenvalue weighted by molar-refractivity contribution is 5.60. The lowest BCUT2D eigenvalue weighted by Crippen LogP contribution is -2.18. The first-order chi connectivity index (χ1) is 9.11. The normalized spacial score (nSPS) is 10.0. The Morgan fingerprint density at radius 1 is 1.21 bits per heavy atom. The second-order valence-electron chi connectivity index (χ2n) is 3.92. The van der Waals surface area contributed by atoms with Gasteiger partial charge in [-0.3, -0.25) is 0 Å². The second-order valence-corrected chi connectivity index (χ2v) is 3.92. The molecule has 0 spiro atoms. The topological polar surface area (TPSA) is 52.8 Å². The summed E-state index contributed by atoms with van der Waals surface area (Å²) in [4.78, 5) is 1.61. The van der Waals surface area contributed by atoms with Crippen LogP contribution in [0.3, 0.4) is 0 Å². The van der Waals surface area contributed by atoms with Crippen molar-refractivity contribution in [1.29, 1.82) is 5.26 Å². The number of aromatic nitrogens is 2. The van der Waals surface area contributed by atoms with Gasteiger partial charge in [0.05, 0.1) is 11.8 Å². The summed E-state index contributed by atoms with van der Waals surface area (Å²) < 4.78 is 26.4. The van der Waals surface area contributed by atoms with E-state index in [9.17, 15) is 8.78 Å². The summed E-state index contributed by atoms with van der Waals surface area (Å²) in [5, 5.41) is 16.3. The molecule has 6 heteroatoms. The van der Waals surface area contributed by atoms with Gasteiger partial charge in [-0.15, -0.1) is 10.2 Å². The van der Waals surface area contributed by atoms with Crippen molar-refractivity contribution in [3.8, 4) is 17.3 Å². The molecule has 0 fully saturated rings. The molecule has 1 heterocycles. The number of halogens is 2. The van der Waals surface area contributed by atoms with E-state index >= 15 is 0 Å². The van der Waals surface area contributed by atoms with Crippen LogP contribution in [0.15, 0.2) is 30.3 Å². The van der Waals surface area contributed by atoms with Crippen LogP contribution in [0.5, 0.6) is 0 Å². The molecule has 19 heavy (non-hydrogen) atoms. The molecule has 0 unspecified atom stereocenters. The SMILES string of the molecule is CN(CC#N)c1ccc(-c2ccc(F)cc2F)nn1. The predicted molar refractivity (Wildman–Crippen MR) is 66.3 cm³/mol. The molecule has 0 amide bonds. The summed E-state index contributed by atoms with van der Waals surface area (Å²) >= 11 is 0. The maximum atomic E-state index is 13.6. The van der Waals surface area contributed by atoms with E-state index in [1.165, 1.54) is 6.07 Å². The van der Waals surface area contributed by atoms with Gasteiger partial charge >= 0.3 is 0 Å². The molecule has 0 aliphatic heterocycles. The molecule has 0 N–H and O–H groups in total. The van der Waals surface area contributed by atoms with Crippen LogP contribution >= 0.6 is 0 Å². The van der Waals surface area contributed by atoms with Gasteiger partial charge < -0.3 is 4.90 Å². The number of nitriles is 1. The molecule has 1 aromatic heterocycles. The number of rotatable bonds is 3. The minimum absolute atomic E-state index is 0.180. The average molecular weight is 260 g/mol. The van der Waals surface area contributed by atoms with Gasteiger partial charge in [-0.2, -0.15) is 5.26 Å². The maximum absolute atomic E-state index is 13.6. The molecule has 2 aromatic rings. The van der Waals surface area contributed by atoms with Gasteiger partial charge in [0.2, 0.25) is 0 Å². The zero-order valence-electron chi connectivity index (χ0n) is 10.1. The summed E-state index contributed by atoms with van der Waals surface area (Å²) in [6.45, 7) is 0.180. The molecule has 0 radical (unpaired) electrons. The molecular formula is C13H10F2N4. The highest BCUT2D eigenvalue weighted by Gasteiger charge is 2.09. The average Bonchev–Trinajstić information content (AvgIpc) is 2.39. The highest BCUT2D eigenvalue weighted by Crippen LogP contribution is 2.22. The molecule has 0 atom stereocenters. The number of nitrogens with zero attached hydrogens (tertiary/aromatic N) is 4. The first kappa shape index (κ1) is 12.9. The minimum atomic E-state index is -0.688. The van der Waals surface area contributed by atoms with Crippen LogP contribution in [0.25, 0.3) is 11.3 Å². The van der Waals surface area contributed by atoms with Gasteiger partial charge in [-0.05, 0) is 24.3 Å². The van der Waals surface area contributed by atoms with Gasteiger partial charge in [0.15, 0.2) is 5.82 Å². The molecule has 4 nitrogen and oxygen atoms in total. The van der Waals surface area contributed by atoms with E-state index in [1.807, 2.05) is 6.07 Å². The summed E-state index contributed by atoms with van der Waals surface area (Å²) in [7, 11) is 1.70. The van der Waals surface area contributed by atoms with E-state index < -0.39 is 11.6 Å². The number of hydrogen-bond donors (Lipinski definition) is 0. The molecule has 0 bridgehead atoms. The van der Waals surface area contributed by atoms with Crippen LogP contribution in [0, 0.1) is 23.0 Å². The second kappa shape index (κ2) is 5.40. The smallest absolute Gasteiger partial charge is 0.151 e. The van der Waals surface area contributed by atoms with Gasteiger partial charge in [0.25, 0.3) is 0 Å². The van der Waals surface area contributed by atoms with Crippen LogP contribution in [-0.4, -0.2) is 23.8 Å². The van der Waals surface area contributed by atoms with Crippen LogP contribution in [0.4, 0.5) is 14.6 Å². The number of anilines is 1. The van der Waals surface area contributed by atoms with Gasteiger partial charge in [0.1, 0.15) is 18.2 Å². The fourth-order valence-corrected chi connectivity index (χ4v) is 1.56. The lowest BCUT2D eigenvalue weighted by Gasteiger charge is -2.13. The molecule has 0 aliphatic carbocycles. The molecule has 96 valence electrons. The lowest BCUT2D eigenvalue weighted by molar-refractivity contribution is 0.585. The van der Waals surface area contributed by atoms with Gasteiger partial charge in [-0.1, -0.05) is 0 Å². The summed E-state index contributed by atoms with van der Waals surface area (Å²) in [5.41, 5.74) is 0.495. The minimum Gasteiger partial charge on any atom is -0.345 e. The molecular weight excluding hydrogens is 250 g/mol. The van der Waals surface area contributed by atoms with E-state index in [-0.39, 0.29) is 12.1 Å². The van der Waals surface area contributed by atoms with Crippen molar-refractivity contribution in [1.82, 2.24) is 10.2 Å². The van der Waals surface area contributed by atoms with Crippen molar-refractivity contribution >= 4 is 5.82 Å². The van der Waals surface area contributed by atoms with Crippen molar-refractivity contribution in [3.05, 3.63) is 42.0 Å². The third-order valence-corrected chi connectivity index (χ3v) is 2.56. The van der Waals surface area contributed by atoms with E-state index in [0.717, 1.165) is 12.1 Å². The Morgan fingerprint density at radius 2 is 2.00 bits per heavy atom. The Labute approximate surface area is 108 Å². The third-order valence-electron chi connectivity index (χ3n) is 2.56. The summed E-state index contributed by atoms with van der Waals surface area (Å²) in [6.07, 6.45) is 0. The van der Waals surface area contributed by atoms with E-state index in [2.05, 4.69) is 10.2 Å². The molecule has 0 saturated carbocycles. The highest BCUT2D eigenvalue weighted by atomic mass is 19.1. The zero-order valence-corrected chi connectivity index (χ0v) is 10.1. The standard InChI is InChI=1S/C13H10F2N4/c1-19(7-6-16)13-5-4-12(17-18-13)10-3-2-9(14)8-11(10)15/h2-5,8H,7H2,1H3. The first-order valence-corrected chi connectivity index (χ1v) is 5.49. The Kier molecular flexibility index (Phi) is 3.66. The van der Waals surface area contributed by atoms with E-state index in [1.54, 1.807) is 24.1 Å². The first-order valence-electron chi connectivity index (χ1n) is 5.49. The molecule has 0 aliphatic rings. The van der Waals surface area contributed by atoms with Crippen molar-refractivity contribution in [2.45, 2.75) is 0 Å². The van der Waals surface area contributed by atoms with Crippen LogP contribution in [0.2, 0.25) is 0 Å². The Balaban J connectivity index is 2.30. The van der Waals surface area contributed by atoms with Gasteiger partial charge in [0, 0.05) is 18.7 Å². The lowest BCUT2D eigenvalue weighted by atomic mass is 10.1. The summed E-state index contributed by atoms with van der Waals surface area (Å²) in [6, 6.07) is 8.46. The predicted octanol–water partition coefficient (Wildman–Crippen LogP) is 2.38. The third kappa shape index (κ3) is 2.83. The molecule has 1 aromatic carbocycles. The maximum Gasteiger partial charge on any atom is 0.151 e. The number of hydrogen-bond acceptors (Lipinski definition) is 4. The van der Waals surface area contributed by atoms with Crippen molar-refractivity contribution < 1.29 is 8.78 Å². The van der Waals surface area contributed by atoms with Gasteiger partial charge in [-0.25, -0.2) is 8.78 Å². The van der Waals surface area contributed by atoms with Crippen molar-refractivity contribution in [3.63, 3.8) is 0 Å². The fourth-order valence-electron chi connectivity index (χ4n) is 1.56. The van der Waals surface area contributed by atoms with Crippen LogP contribution in [0.1, 0.15) is 0 Å². The van der Waals surface area contributed by atoms with Crippen molar-refractivity contribution in [2.75, 3.05) is 18.5 Å². The summed E-state index contributed by atoms with van der Waals surface area (Å²) in [5.74, 6) is -0.820. The molecule has 0 saturated heterocycles. The van der Waals surface area contributed by atoms with E-state index in [0.29, 0.717) is 11.5 Å². The van der Waals surface area contributed by atoms with Crippen LogP contribution < -0.4 is 4.90 Å². The quantitative estimate of drug-likeness (QED) is 0.795. The van der Waals surface area contributed by atoms with E-state index in [4.69, 9.17) is 5.26 Å². The Bertz CT molecular complexity index is 620.